The number of benzene rings is 2. The van der Waals surface area contributed by atoms with Gasteiger partial charge >= 0.3 is 0 Å². The molecule has 0 saturated heterocycles. The molecule has 2 aromatic rings. The molecule has 138 valence electrons. The van der Waals surface area contributed by atoms with E-state index in [2.05, 4.69) is 5.32 Å². The molecule has 7 heteroatoms. The standard InChI is InChI=1S/C19H22N2O4S/c1-4-15-5-11-18(12-6-15)21(26(3,24)25)13-19(23)20-17-9-7-16(8-10-17)14(2)22/h5-12H,4,13H2,1-3H3,(H,20,23). The van der Waals surface area contributed by atoms with E-state index in [0.29, 0.717) is 16.9 Å². The average Bonchev–Trinajstić information content (AvgIpc) is 2.59. The molecule has 0 fully saturated rings. The molecule has 1 amide bonds. The smallest absolute Gasteiger partial charge is 0.245 e. The summed E-state index contributed by atoms with van der Waals surface area (Å²) in [4.78, 5) is 23.6. The van der Waals surface area contributed by atoms with Gasteiger partial charge in [-0.25, -0.2) is 8.42 Å². The summed E-state index contributed by atoms with van der Waals surface area (Å²) in [5.74, 6) is -0.535. The van der Waals surface area contributed by atoms with Crippen LogP contribution in [0.1, 0.15) is 29.8 Å². The number of hydrogen-bond acceptors (Lipinski definition) is 4. The Labute approximate surface area is 153 Å². The maximum absolute atomic E-state index is 12.3. The zero-order valence-electron chi connectivity index (χ0n) is 15.0. The first-order valence-electron chi connectivity index (χ1n) is 8.18. The first-order valence-corrected chi connectivity index (χ1v) is 10.0. The summed E-state index contributed by atoms with van der Waals surface area (Å²) >= 11 is 0. The highest BCUT2D eigenvalue weighted by atomic mass is 32.2. The molecule has 0 radical (unpaired) electrons. The van der Waals surface area contributed by atoms with Gasteiger partial charge in [0.15, 0.2) is 5.78 Å². The van der Waals surface area contributed by atoms with Crippen LogP contribution in [0.5, 0.6) is 0 Å². The topological polar surface area (TPSA) is 83.6 Å². The van der Waals surface area contributed by atoms with Gasteiger partial charge < -0.3 is 5.32 Å². The van der Waals surface area contributed by atoms with E-state index >= 15 is 0 Å². The number of hydrogen-bond donors (Lipinski definition) is 1. The van der Waals surface area contributed by atoms with Crippen LogP contribution in [0.3, 0.4) is 0 Å². The quantitative estimate of drug-likeness (QED) is 0.756. The summed E-state index contributed by atoms with van der Waals surface area (Å²) in [5.41, 5.74) is 2.55. The van der Waals surface area contributed by atoms with E-state index in [-0.39, 0.29) is 12.3 Å². The van der Waals surface area contributed by atoms with Crippen LogP contribution in [-0.2, 0) is 21.2 Å². The van der Waals surface area contributed by atoms with Crippen molar-refractivity contribution in [3.05, 3.63) is 59.7 Å². The molecule has 26 heavy (non-hydrogen) atoms. The molecule has 2 aromatic carbocycles. The van der Waals surface area contributed by atoms with Gasteiger partial charge in [0, 0.05) is 11.3 Å². The summed E-state index contributed by atoms with van der Waals surface area (Å²) < 4.78 is 25.3. The summed E-state index contributed by atoms with van der Waals surface area (Å²) in [7, 11) is -3.61. The number of aryl methyl sites for hydroxylation is 1. The number of ketones is 1. The van der Waals surface area contributed by atoms with Crippen molar-refractivity contribution in [2.24, 2.45) is 0 Å². The maximum atomic E-state index is 12.3. The molecule has 0 saturated carbocycles. The Morgan fingerprint density at radius 1 is 1.00 bits per heavy atom. The van der Waals surface area contributed by atoms with Gasteiger partial charge in [-0.05, 0) is 55.3 Å². The van der Waals surface area contributed by atoms with Crippen molar-refractivity contribution < 1.29 is 18.0 Å². The molecule has 0 heterocycles. The molecule has 0 spiro atoms. The number of nitrogens with zero attached hydrogens (tertiary/aromatic N) is 1. The van der Waals surface area contributed by atoms with Crippen molar-refractivity contribution in [3.63, 3.8) is 0 Å². The molecule has 0 aliphatic carbocycles. The lowest BCUT2D eigenvalue weighted by Crippen LogP contribution is -2.37. The second-order valence-electron chi connectivity index (χ2n) is 5.97. The summed E-state index contributed by atoms with van der Waals surface area (Å²) in [6.45, 7) is 3.13. The van der Waals surface area contributed by atoms with Crippen LogP contribution in [0.25, 0.3) is 0 Å². The van der Waals surface area contributed by atoms with Gasteiger partial charge in [-0.15, -0.1) is 0 Å². The highest BCUT2D eigenvalue weighted by Crippen LogP contribution is 2.19. The van der Waals surface area contributed by atoms with Gasteiger partial charge in [0.2, 0.25) is 15.9 Å². The second-order valence-corrected chi connectivity index (χ2v) is 7.88. The van der Waals surface area contributed by atoms with E-state index in [0.717, 1.165) is 22.5 Å². The fourth-order valence-electron chi connectivity index (χ4n) is 2.42. The third kappa shape index (κ3) is 5.16. The van der Waals surface area contributed by atoms with E-state index in [1.165, 1.54) is 6.92 Å². The zero-order valence-corrected chi connectivity index (χ0v) is 15.8. The van der Waals surface area contributed by atoms with E-state index in [9.17, 15) is 18.0 Å². The number of rotatable bonds is 7. The number of nitrogens with one attached hydrogen (secondary N) is 1. The average molecular weight is 374 g/mol. The Bertz CT molecular complexity index is 888. The molecule has 0 atom stereocenters. The third-order valence-corrected chi connectivity index (χ3v) is 5.04. The SMILES string of the molecule is CCc1ccc(N(CC(=O)Nc2ccc(C(C)=O)cc2)S(C)(=O)=O)cc1. The van der Waals surface area contributed by atoms with Gasteiger partial charge in [0.1, 0.15) is 6.54 Å². The number of sulfonamides is 1. The Hall–Kier alpha value is -2.67. The van der Waals surface area contributed by atoms with Crippen LogP contribution < -0.4 is 9.62 Å². The van der Waals surface area contributed by atoms with Crippen molar-refractivity contribution in [1.82, 2.24) is 0 Å². The fraction of sp³-hybridized carbons (Fsp3) is 0.263. The van der Waals surface area contributed by atoms with E-state index in [1.807, 2.05) is 19.1 Å². The van der Waals surface area contributed by atoms with E-state index < -0.39 is 15.9 Å². The van der Waals surface area contributed by atoms with Crippen LogP contribution >= 0.6 is 0 Å². The number of Topliss-reactive ketones (excluding diaryl/α,β-unsaturated/α-hetero) is 1. The largest absolute Gasteiger partial charge is 0.325 e. The minimum Gasteiger partial charge on any atom is -0.325 e. The lowest BCUT2D eigenvalue weighted by molar-refractivity contribution is -0.114. The molecule has 0 aliphatic heterocycles. The normalized spacial score (nSPS) is 11.0. The van der Waals surface area contributed by atoms with Crippen molar-refractivity contribution >= 4 is 33.1 Å². The second kappa shape index (κ2) is 8.14. The van der Waals surface area contributed by atoms with Gasteiger partial charge in [0.05, 0.1) is 11.9 Å². The molecular weight excluding hydrogens is 352 g/mol. The molecule has 2 rings (SSSR count). The van der Waals surface area contributed by atoms with Gasteiger partial charge in [-0.3, -0.25) is 13.9 Å². The third-order valence-electron chi connectivity index (χ3n) is 3.90. The van der Waals surface area contributed by atoms with Crippen LogP contribution in [0.2, 0.25) is 0 Å². The highest BCUT2D eigenvalue weighted by molar-refractivity contribution is 7.92. The zero-order chi connectivity index (χ0) is 19.3. The molecular formula is C19H22N2O4S. The Morgan fingerprint density at radius 3 is 2.04 bits per heavy atom. The molecule has 0 aliphatic rings. The minimum absolute atomic E-state index is 0.0679. The lowest BCUT2D eigenvalue weighted by Gasteiger charge is -2.22. The predicted molar refractivity (Wildman–Crippen MR) is 103 cm³/mol. The molecule has 0 bridgehead atoms. The maximum Gasteiger partial charge on any atom is 0.245 e. The van der Waals surface area contributed by atoms with Crippen molar-refractivity contribution in [2.75, 3.05) is 22.4 Å². The number of anilines is 2. The van der Waals surface area contributed by atoms with E-state index in [1.54, 1.807) is 36.4 Å². The summed E-state index contributed by atoms with van der Waals surface area (Å²) in [6, 6.07) is 13.5. The Kier molecular flexibility index (Phi) is 6.15. The number of amides is 1. The monoisotopic (exact) mass is 374 g/mol. The minimum atomic E-state index is -3.61. The Morgan fingerprint density at radius 2 is 1.58 bits per heavy atom. The Balaban J connectivity index is 2.14. The van der Waals surface area contributed by atoms with Crippen molar-refractivity contribution in [3.8, 4) is 0 Å². The lowest BCUT2D eigenvalue weighted by atomic mass is 10.1. The predicted octanol–water partition coefficient (Wildman–Crippen LogP) is 2.86. The van der Waals surface area contributed by atoms with Crippen molar-refractivity contribution in [1.29, 1.82) is 0 Å². The first kappa shape index (κ1) is 19.7. The van der Waals surface area contributed by atoms with Gasteiger partial charge in [-0.1, -0.05) is 19.1 Å². The molecule has 0 aromatic heterocycles. The highest BCUT2D eigenvalue weighted by Gasteiger charge is 2.20. The number of carbonyl (C=O) groups excluding carboxylic acids is 2. The van der Waals surface area contributed by atoms with Gasteiger partial charge in [-0.2, -0.15) is 0 Å². The van der Waals surface area contributed by atoms with Crippen molar-refractivity contribution in [2.45, 2.75) is 20.3 Å². The number of carbonyl (C=O) groups is 2. The van der Waals surface area contributed by atoms with Crippen LogP contribution in [0, 0.1) is 0 Å². The molecule has 6 nitrogen and oxygen atoms in total. The molecule has 0 unspecified atom stereocenters. The summed E-state index contributed by atoms with van der Waals surface area (Å²) in [5, 5.41) is 2.65. The molecule has 1 N–H and O–H groups in total. The van der Waals surface area contributed by atoms with Crippen LogP contribution in [0.4, 0.5) is 11.4 Å². The van der Waals surface area contributed by atoms with Gasteiger partial charge in [0.25, 0.3) is 0 Å². The fourth-order valence-corrected chi connectivity index (χ4v) is 3.27. The first-order chi connectivity index (χ1) is 12.2. The van der Waals surface area contributed by atoms with Crippen LogP contribution in [0.15, 0.2) is 48.5 Å². The van der Waals surface area contributed by atoms with E-state index in [4.69, 9.17) is 0 Å². The van der Waals surface area contributed by atoms with Crippen LogP contribution in [-0.4, -0.2) is 32.9 Å². The summed E-state index contributed by atoms with van der Waals surface area (Å²) in [6.07, 6.45) is 1.91.